The van der Waals surface area contributed by atoms with Gasteiger partial charge in [0.2, 0.25) is 0 Å². The van der Waals surface area contributed by atoms with Crippen LogP contribution in [0.3, 0.4) is 0 Å². The number of amides is 1. The highest BCUT2D eigenvalue weighted by Crippen LogP contribution is 2.44. The molecule has 0 spiro atoms. The fourth-order valence-electron chi connectivity index (χ4n) is 4.41. The third-order valence-electron chi connectivity index (χ3n) is 6.31. The van der Waals surface area contributed by atoms with Crippen molar-refractivity contribution < 1.29 is 23.8 Å². The Hall–Kier alpha value is -3.67. The van der Waals surface area contributed by atoms with Crippen LogP contribution in [0.5, 0.6) is 0 Å². The first kappa shape index (κ1) is 21.6. The number of carbonyl (C=O) groups excluding carboxylic acids is 1. The summed E-state index contributed by atoms with van der Waals surface area (Å²) < 4.78 is 19.1. The Morgan fingerprint density at radius 2 is 1.50 bits per heavy atom. The molecule has 1 unspecified atom stereocenters. The number of carbonyl (C=O) groups is 2. The number of nitrogens with zero attached hydrogens (tertiary/aromatic N) is 1. The van der Waals surface area contributed by atoms with Crippen LogP contribution in [0.25, 0.3) is 11.1 Å². The Morgan fingerprint density at radius 3 is 2.03 bits per heavy atom. The number of benzene rings is 3. The van der Waals surface area contributed by atoms with E-state index < -0.39 is 23.4 Å². The van der Waals surface area contributed by atoms with Crippen LogP contribution < -0.4 is 0 Å². The minimum atomic E-state index is -1.21. The molecule has 0 saturated carbocycles. The van der Waals surface area contributed by atoms with Gasteiger partial charge in [-0.25, -0.2) is 9.18 Å². The van der Waals surface area contributed by atoms with Crippen molar-refractivity contribution in [3.05, 3.63) is 95.3 Å². The number of fused-ring (bicyclic) bond motifs is 3. The summed E-state index contributed by atoms with van der Waals surface area (Å²) in [6.45, 7) is 1.76. The molecule has 0 radical (unpaired) electrons. The van der Waals surface area contributed by atoms with Gasteiger partial charge in [-0.1, -0.05) is 60.7 Å². The van der Waals surface area contributed by atoms with Crippen LogP contribution >= 0.6 is 0 Å². The Balaban J connectivity index is 1.57. The van der Waals surface area contributed by atoms with Crippen LogP contribution in [0, 0.1) is 5.82 Å². The molecule has 164 valence electrons. The summed E-state index contributed by atoms with van der Waals surface area (Å²) in [4.78, 5) is 25.9. The molecular weight excluding hydrogens is 409 g/mol. The van der Waals surface area contributed by atoms with Crippen LogP contribution in [0.2, 0.25) is 0 Å². The zero-order valence-electron chi connectivity index (χ0n) is 17.9. The van der Waals surface area contributed by atoms with Crippen molar-refractivity contribution in [1.29, 1.82) is 0 Å². The molecule has 3 aromatic carbocycles. The first-order chi connectivity index (χ1) is 15.3. The average Bonchev–Trinajstić information content (AvgIpc) is 3.10. The van der Waals surface area contributed by atoms with Crippen LogP contribution in [0.1, 0.15) is 36.0 Å². The summed E-state index contributed by atoms with van der Waals surface area (Å²) in [6, 6.07) is 21.6. The van der Waals surface area contributed by atoms with Crippen molar-refractivity contribution in [3.8, 4) is 11.1 Å². The van der Waals surface area contributed by atoms with E-state index in [0.717, 1.165) is 22.3 Å². The molecule has 0 aromatic heterocycles. The largest absolute Gasteiger partial charge is 0.481 e. The van der Waals surface area contributed by atoms with Gasteiger partial charge in [0.05, 0.1) is 12.0 Å². The highest BCUT2D eigenvalue weighted by molar-refractivity contribution is 5.79. The summed E-state index contributed by atoms with van der Waals surface area (Å²) in [6.07, 6.45) is -0.987. The van der Waals surface area contributed by atoms with Crippen molar-refractivity contribution >= 4 is 12.1 Å². The highest BCUT2D eigenvalue weighted by Gasteiger charge is 2.38. The van der Waals surface area contributed by atoms with Gasteiger partial charge in [0, 0.05) is 13.0 Å². The lowest BCUT2D eigenvalue weighted by Crippen LogP contribution is -2.47. The third kappa shape index (κ3) is 3.84. The molecule has 0 saturated heterocycles. The highest BCUT2D eigenvalue weighted by atomic mass is 19.1. The molecule has 1 aliphatic rings. The number of hydrogen-bond acceptors (Lipinski definition) is 3. The van der Waals surface area contributed by atoms with Gasteiger partial charge >= 0.3 is 12.1 Å². The van der Waals surface area contributed by atoms with Gasteiger partial charge in [0.1, 0.15) is 12.4 Å². The van der Waals surface area contributed by atoms with Crippen molar-refractivity contribution in [2.75, 3.05) is 13.7 Å². The maximum Gasteiger partial charge on any atom is 0.410 e. The monoisotopic (exact) mass is 433 g/mol. The minimum absolute atomic E-state index is 0.101. The smallest absolute Gasteiger partial charge is 0.410 e. The van der Waals surface area contributed by atoms with E-state index >= 15 is 0 Å². The molecule has 1 N–H and O–H groups in total. The van der Waals surface area contributed by atoms with Gasteiger partial charge < -0.3 is 14.7 Å². The SMILES string of the molecule is CN(C(=O)OCC1c2ccccc2-c2ccccc21)C(C)(CC(=O)O)c1ccc(F)cc1. The topological polar surface area (TPSA) is 66.8 Å². The second kappa shape index (κ2) is 8.46. The zero-order chi connectivity index (χ0) is 22.9. The van der Waals surface area contributed by atoms with Gasteiger partial charge in [0.15, 0.2) is 0 Å². The van der Waals surface area contributed by atoms with E-state index in [1.54, 1.807) is 6.92 Å². The van der Waals surface area contributed by atoms with E-state index in [2.05, 4.69) is 12.1 Å². The first-order valence-corrected chi connectivity index (χ1v) is 10.4. The molecular formula is C26H24FNO4. The van der Waals surface area contributed by atoms with Crippen LogP contribution in [-0.2, 0) is 15.1 Å². The number of carboxylic acids is 1. The maximum absolute atomic E-state index is 13.4. The molecule has 1 amide bonds. The van der Waals surface area contributed by atoms with Crippen LogP contribution in [-0.4, -0.2) is 35.7 Å². The molecule has 0 bridgehead atoms. The number of hydrogen-bond donors (Lipinski definition) is 1. The number of ether oxygens (including phenoxy) is 1. The second-order valence-corrected chi connectivity index (χ2v) is 8.21. The molecule has 0 aliphatic heterocycles. The fourth-order valence-corrected chi connectivity index (χ4v) is 4.41. The van der Waals surface area contributed by atoms with Crippen molar-refractivity contribution in [2.24, 2.45) is 0 Å². The average molecular weight is 433 g/mol. The lowest BCUT2D eigenvalue weighted by atomic mass is 9.87. The van der Waals surface area contributed by atoms with Gasteiger partial charge in [-0.05, 0) is 46.9 Å². The summed E-state index contributed by atoms with van der Waals surface area (Å²) in [5, 5.41) is 9.46. The normalized spacial score (nSPS) is 14.2. The molecule has 32 heavy (non-hydrogen) atoms. The second-order valence-electron chi connectivity index (χ2n) is 8.21. The van der Waals surface area contributed by atoms with Crippen molar-refractivity contribution in [2.45, 2.75) is 24.8 Å². The summed E-state index contributed by atoms with van der Waals surface area (Å²) in [5.41, 5.74) is 3.74. The van der Waals surface area contributed by atoms with Crippen molar-refractivity contribution in [3.63, 3.8) is 0 Å². The molecule has 3 aromatic rings. The van der Waals surface area contributed by atoms with Gasteiger partial charge in [-0.3, -0.25) is 4.79 Å². The van der Waals surface area contributed by atoms with E-state index in [0.29, 0.717) is 5.56 Å². The lowest BCUT2D eigenvalue weighted by Gasteiger charge is -2.37. The molecule has 5 nitrogen and oxygen atoms in total. The van der Waals surface area contributed by atoms with E-state index in [1.807, 2.05) is 36.4 Å². The Kier molecular flexibility index (Phi) is 5.70. The number of aliphatic carboxylic acids is 1. The van der Waals surface area contributed by atoms with E-state index in [4.69, 9.17) is 4.74 Å². The van der Waals surface area contributed by atoms with E-state index in [9.17, 15) is 19.1 Å². The predicted octanol–water partition coefficient (Wildman–Crippen LogP) is 5.40. The van der Waals surface area contributed by atoms with Crippen LogP contribution in [0.4, 0.5) is 9.18 Å². The summed E-state index contributed by atoms with van der Waals surface area (Å²) in [5.74, 6) is -1.61. The van der Waals surface area contributed by atoms with Gasteiger partial charge in [0.25, 0.3) is 0 Å². The predicted molar refractivity (Wildman–Crippen MR) is 119 cm³/mol. The minimum Gasteiger partial charge on any atom is -0.481 e. The van der Waals surface area contributed by atoms with Crippen molar-refractivity contribution in [1.82, 2.24) is 4.90 Å². The molecule has 0 fully saturated rings. The first-order valence-electron chi connectivity index (χ1n) is 10.4. The third-order valence-corrected chi connectivity index (χ3v) is 6.31. The molecule has 1 aliphatic carbocycles. The fraction of sp³-hybridized carbons (Fsp3) is 0.231. The van der Waals surface area contributed by atoms with Gasteiger partial charge in [-0.15, -0.1) is 0 Å². The Labute approximate surface area is 186 Å². The number of rotatable bonds is 6. The number of halogens is 1. The van der Waals surface area contributed by atoms with Gasteiger partial charge in [-0.2, -0.15) is 0 Å². The van der Waals surface area contributed by atoms with Crippen LogP contribution in [0.15, 0.2) is 72.8 Å². The number of carboxylic acid groups (broad SMARTS) is 1. The standard InChI is InChI=1S/C26H24FNO4/c1-26(15-24(29)30,17-11-13-18(27)14-12-17)28(2)25(31)32-16-23-21-9-5-3-7-19(21)20-8-4-6-10-22(20)23/h3-14,23H,15-16H2,1-2H3,(H,29,30). The van der Waals surface area contributed by atoms with E-state index in [1.165, 1.54) is 36.2 Å². The summed E-state index contributed by atoms with van der Waals surface area (Å²) in [7, 11) is 1.51. The molecule has 4 rings (SSSR count). The van der Waals surface area contributed by atoms with E-state index in [-0.39, 0.29) is 18.9 Å². The molecule has 6 heteroatoms. The lowest BCUT2D eigenvalue weighted by molar-refractivity contribution is -0.139. The Morgan fingerprint density at radius 1 is 0.969 bits per heavy atom. The zero-order valence-corrected chi connectivity index (χ0v) is 17.9. The maximum atomic E-state index is 13.4. The molecule has 0 heterocycles. The Bertz CT molecular complexity index is 1110. The quantitative estimate of drug-likeness (QED) is 0.566. The molecule has 1 atom stereocenters. The summed E-state index contributed by atoms with van der Waals surface area (Å²) >= 11 is 0.